The molecule has 0 N–H and O–H groups in total. The topological polar surface area (TPSA) is 29.4 Å². The Morgan fingerprint density at radius 1 is 0.708 bits per heavy atom. The smallest absolute Gasteiger partial charge is 0.247 e. The quantitative estimate of drug-likeness (QED) is 0.405. The highest BCUT2D eigenvalue weighted by molar-refractivity contribution is 7.77. The maximum Gasteiger partial charge on any atom is 0.247 e. The lowest BCUT2D eigenvalue weighted by molar-refractivity contribution is 0.588. The normalized spacial score (nSPS) is 11.0. The molecule has 0 atom stereocenters. The Morgan fingerprint density at radius 2 is 1.17 bits per heavy atom. The Morgan fingerprint density at radius 3 is 1.67 bits per heavy atom. The molecule has 24 heavy (non-hydrogen) atoms. The van der Waals surface area contributed by atoms with E-state index < -0.39 is 7.29 Å². The van der Waals surface area contributed by atoms with E-state index in [1.54, 1.807) is 0 Å². The van der Waals surface area contributed by atoms with Crippen molar-refractivity contribution in [2.75, 3.05) is 0 Å². The van der Waals surface area contributed by atoms with E-state index in [9.17, 15) is 4.57 Å². The fourth-order valence-electron chi connectivity index (χ4n) is 2.29. The molecule has 3 rings (SSSR count). The molecule has 0 aliphatic heterocycles. The molecule has 0 aliphatic carbocycles. The zero-order valence-corrected chi connectivity index (χ0v) is 13.9. The van der Waals surface area contributed by atoms with Crippen molar-refractivity contribution >= 4 is 24.1 Å². The third-order valence-electron chi connectivity index (χ3n) is 3.49. The number of rotatable bonds is 3. The van der Waals surface area contributed by atoms with Crippen LogP contribution in [0.15, 0.2) is 95.8 Å². The first-order valence-corrected chi connectivity index (χ1v) is 9.27. The van der Waals surface area contributed by atoms with Gasteiger partial charge in [0.05, 0.1) is 6.21 Å². The van der Waals surface area contributed by atoms with Gasteiger partial charge in [0.25, 0.3) is 0 Å². The molecule has 0 aliphatic rings. The molecule has 0 spiro atoms. The van der Waals surface area contributed by atoms with Gasteiger partial charge in [-0.15, -0.1) is 0 Å². The number of nitrogens with zero attached hydrogens (tertiary/aromatic N) is 1. The molecular formula is C21H16NOP. The predicted molar refractivity (Wildman–Crippen MR) is 102 cm³/mol. The van der Waals surface area contributed by atoms with Crippen LogP contribution in [0.2, 0.25) is 0 Å². The molecule has 3 heteroatoms. The summed E-state index contributed by atoms with van der Waals surface area (Å²) in [6.45, 7) is 0. The summed E-state index contributed by atoms with van der Waals surface area (Å²) in [6.07, 6.45) is 1.45. The lowest BCUT2D eigenvalue weighted by atomic mass is 10.2. The summed E-state index contributed by atoms with van der Waals surface area (Å²) in [5.41, 5.74) is 0.901. The zero-order valence-electron chi connectivity index (χ0n) is 13.0. The highest BCUT2D eigenvalue weighted by atomic mass is 31.2. The first-order chi connectivity index (χ1) is 11.8. The molecule has 0 radical (unpaired) electrons. The van der Waals surface area contributed by atoms with Gasteiger partial charge in [0.2, 0.25) is 7.29 Å². The predicted octanol–water partition coefficient (Wildman–Crippen LogP) is 4.04. The molecule has 2 nitrogen and oxygen atoms in total. The third-order valence-corrected chi connectivity index (χ3v) is 5.92. The summed E-state index contributed by atoms with van der Waals surface area (Å²) >= 11 is 0. The van der Waals surface area contributed by atoms with E-state index in [1.807, 2.05) is 91.0 Å². The monoisotopic (exact) mass is 329 g/mol. The van der Waals surface area contributed by atoms with Gasteiger partial charge in [-0.3, -0.25) is 4.57 Å². The summed E-state index contributed by atoms with van der Waals surface area (Å²) < 4.78 is 17.9. The van der Waals surface area contributed by atoms with Crippen molar-refractivity contribution in [2.45, 2.75) is 0 Å². The van der Waals surface area contributed by atoms with Crippen LogP contribution in [-0.2, 0) is 4.57 Å². The largest absolute Gasteiger partial charge is 0.288 e. The van der Waals surface area contributed by atoms with E-state index in [2.05, 4.69) is 16.6 Å². The second-order valence-corrected chi connectivity index (χ2v) is 7.54. The Hall–Kier alpha value is -2.88. The molecule has 0 amide bonds. The summed E-state index contributed by atoms with van der Waals surface area (Å²) in [5, 5.41) is 1.41. The molecular weight excluding hydrogens is 313 g/mol. The molecule has 0 fully saturated rings. The third kappa shape index (κ3) is 3.71. The number of benzene rings is 3. The minimum absolute atomic E-state index is 0.703. The maximum absolute atomic E-state index is 13.6. The molecule has 0 heterocycles. The standard InChI is InChI=1S/C21H16NOP/c23-24(20-14-6-2-7-15-20,21-16-8-3-9-17-21)22-18-10-13-19-11-4-1-5-12-19/h1-9,11-12,14-18H/b22-18+. The van der Waals surface area contributed by atoms with Crippen LogP contribution in [-0.4, -0.2) is 6.21 Å². The molecule has 0 unspecified atom stereocenters. The van der Waals surface area contributed by atoms with Crippen LogP contribution >= 0.6 is 7.29 Å². The van der Waals surface area contributed by atoms with E-state index in [-0.39, 0.29) is 0 Å². The van der Waals surface area contributed by atoms with E-state index in [0.29, 0.717) is 10.6 Å². The molecule has 0 saturated carbocycles. The average Bonchev–Trinajstić information content (AvgIpc) is 2.67. The van der Waals surface area contributed by atoms with Crippen molar-refractivity contribution < 1.29 is 4.57 Å². The first kappa shape index (κ1) is 16.0. The Balaban J connectivity index is 1.97. The average molecular weight is 329 g/mol. The van der Waals surface area contributed by atoms with E-state index >= 15 is 0 Å². The second kappa shape index (κ2) is 7.59. The summed E-state index contributed by atoms with van der Waals surface area (Å²) in [6, 6.07) is 28.3. The van der Waals surface area contributed by atoms with Crippen molar-refractivity contribution in [1.29, 1.82) is 0 Å². The van der Waals surface area contributed by atoms with Crippen LogP contribution in [0.5, 0.6) is 0 Å². The molecule has 0 saturated heterocycles. The summed E-state index contributed by atoms with van der Waals surface area (Å²) in [5.74, 6) is 5.88. The van der Waals surface area contributed by atoms with Crippen molar-refractivity contribution in [1.82, 2.24) is 0 Å². The Bertz CT molecular complexity index is 880. The lowest BCUT2D eigenvalue weighted by Crippen LogP contribution is -2.14. The lowest BCUT2D eigenvalue weighted by Gasteiger charge is -2.13. The maximum atomic E-state index is 13.6. The van der Waals surface area contributed by atoms with E-state index in [0.717, 1.165) is 5.56 Å². The fraction of sp³-hybridized carbons (Fsp3) is 0. The minimum Gasteiger partial charge on any atom is -0.288 e. The fourth-order valence-corrected chi connectivity index (χ4v) is 4.23. The molecule has 3 aromatic carbocycles. The minimum atomic E-state index is -3.08. The molecule has 0 bridgehead atoms. The Kier molecular flexibility index (Phi) is 5.06. The van der Waals surface area contributed by atoms with E-state index in [1.165, 1.54) is 6.21 Å². The number of hydrogen-bond donors (Lipinski definition) is 0. The second-order valence-electron chi connectivity index (χ2n) is 5.13. The van der Waals surface area contributed by atoms with Crippen LogP contribution in [0.4, 0.5) is 0 Å². The van der Waals surface area contributed by atoms with Gasteiger partial charge in [0.1, 0.15) is 0 Å². The Labute approximate surface area is 142 Å². The highest BCUT2D eigenvalue weighted by Gasteiger charge is 2.25. The summed E-state index contributed by atoms with van der Waals surface area (Å²) in [4.78, 5) is 0. The van der Waals surface area contributed by atoms with Gasteiger partial charge < -0.3 is 0 Å². The van der Waals surface area contributed by atoms with Gasteiger partial charge in [0.15, 0.2) is 0 Å². The van der Waals surface area contributed by atoms with Gasteiger partial charge >= 0.3 is 0 Å². The summed E-state index contributed by atoms with van der Waals surface area (Å²) in [7, 11) is -3.08. The van der Waals surface area contributed by atoms with Gasteiger partial charge in [-0.05, 0) is 42.3 Å². The SMILES string of the molecule is O=P(/N=C/C#Cc1ccccc1)(c1ccccc1)c1ccccc1. The van der Waals surface area contributed by atoms with Gasteiger partial charge in [0, 0.05) is 16.2 Å². The van der Waals surface area contributed by atoms with Gasteiger partial charge in [-0.1, -0.05) is 60.5 Å². The van der Waals surface area contributed by atoms with Crippen LogP contribution in [0, 0.1) is 11.8 Å². The highest BCUT2D eigenvalue weighted by Crippen LogP contribution is 2.44. The van der Waals surface area contributed by atoms with Crippen LogP contribution in [0.1, 0.15) is 5.56 Å². The van der Waals surface area contributed by atoms with Crippen molar-refractivity contribution in [3.05, 3.63) is 96.6 Å². The number of hydrogen-bond acceptors (Lipinski definition) is 1. The van der Waals surface area contributed by atoms with Gasteiger partial charge in [-0.2, -0.15) is 0 Å². The molecule has 0 aromatic heterocycles. The van der Waals surface area contributed by atoms with E-state index in [4.69, 9.17) is 0 Å². The van der Waals surface area contributed by atoms with Gasteiger partial charge in [-0.25, -0.2) is 4.76 Å². The van der Waals surface area contributed by atoms with Crippen molar-refractivity contribution in [2.24, 2.45) is 4.76 Å². The van der Waals surface area contributed by atoms with Crippen molar-refractivity contribution in [3.63, 3.8) is 0 Å². The zero-order chi connectivity index (χ0) is 16.7. The molecule has 3 aromatic rings. The van der Waals surface area contributed by atoms with Crippen LogP contribution < -0.4 is 10.6 Å². The van der Waals surface area contributed by atoms with Crippen LogP contribution in [0.3, 0.4) is 0 Å². The molecule has 116 valence electrons. The first-order valence-electron chi connectivity index (χ1n) is 7.61. The van der Waals surface area contributed by atoms with Crippen LogP contribution in [0.25, 0.3) is 0 Å². The van der Waals surface area contributed by atoms with Crippen molar-refractivity contribution in [3.8, 4) is 11.8 Å².